The number of esters is 1. The lowest BCUT2D eigenvalue weighted by Gasteiger charge is -2.33. The second kappa shape index (κ2) is 9.14. The number of dihydropyridines is 1. The molecule has 1 aliphatic carbocycles. The van der Waals surface area contributed by atoms with Crippen LogP contribution in [0.1, 0.15) is 44.6 Å². The summed E-state index contributed by atoms with van der Waals surface area (Å²) in [5, 5.41) is 3.66. The van der Waals surface area contributed by atoms with Gasteiger partial charge >= 0.3 is 5.97 Å². The Bertz CT molecular complexity index is 1160. The number of Topliss-reactive ketones (excluding diaryl/α,β-unsaturated/α-hetero) is 1. The summed E-state index contributed by atoms with van der Waals surface area (Å²) >= 11 is 1.68. The van der Waals surface area contributed by atoms with Crippen LogP contribution in [0.25, 0.3) is 11.0 Å². The van der Waals surface area contributed by atoms with Crippen LogP contribution >= 0.6 is 11.8 Å². The molecule has 1 aromatic carbocycles. The van der Waals surface area contributed by atoms with Gasteiger partial charge in [-0.05, 0) is 37.7 Å². The maximum atomic E-state index is 13.4. The van der Waals surface area contributed by atoms with Gasteiger partial charge in [0.05, 0.1) is 23.1 Å². The molecule has 0 radical (unpaired) electrons. The van der Waals surface area contributed by atoms with Crippen LogP contribution in [0.5, 0.6) is 0 Å². The normalized spacial score (nSPS) is 18.8. The molecule has 1 atom stereocenters. The predicted octanol–water partition coefficient (Wildman–Crippen LogP) is 4.06. The zero-order valence-corrected chi connectivity index (χ0v) is 18.5. The molecule has 1 aliphatic heterocycles. The van der Waals surface area contributed by atoms with E-state index in [0.717, 1.165) is 17.9 Å². The molecule has 6 nitrogen and oxygen atoms in total. The summed E-state index contributed by atoms with van der Waals surface area (Å²) in [4.78, 5) is 39.5. The van der Waals surface area contributed by atoms with E-state index in [1.54, 1.807) is 43.0 Å². The minimum absolute atomic E-state index is 0.0503. The number of allylic oxidation sites excluding steroid dienone is 3. The number of para-hydroxylation sites is 1. The number of fused-ring (bicyclic) bond motifs is 1. The quantitative estimate of drug-likeness (QED) is 0.537. The number of ketones is 1. The highest BCUT2D eigenvalue weighted by molar-refractivity contribution is 7.99. The molecule has 0 unspecified atom stereocenters. The molecule has 1 N–H and O–H groups in total. The summed E-state index contributed by atoms with van der Waals surface area (Å²) in [7, 11) is 0. The van der Waals surface area contributed by atoms with E-state index in [-0.39, 0.29) is 23.4 Å². The Kier molecular flexibility index (Phi) is 6.32. The highest BCUT2D eigenvalue weighted by Crippen LogP contribution is 2.41. The maximum Gasteiger partial charge on any atom is 0.336 e. The van der Waals surface area contributed by atoms with Crippen LogP contribution in [0.2, 0.25) is 0 Å². The third-order valence-corrected chi connectivity index (χ3v) is 6.54. The van der Waals surface area contributed by atoms with Crippen molar-refractivity contribution < 1.29 is 18.7 Å². The molecule has 0 amide bonds. The second-order valence-electron chi connectivity index (χ2n) is 7.61. The highest BCUT2D eigenvalue weighted by Gasteiger charge is 2.40. The number of rotatable bonds is 6. The molecule has 2 aliphatic rings. The van der Waals surface area contributed by atoms with E-state index in [4.69, 9.17) is 9.15 Å². The number of ether oxygens (including phenoxy) is 1. The molecule has 1 aromatic heterocycles. The highest BCUT2D eigenvalue weighted by atomic mass is 32.2. The van der Waals surface area contributed by atoms with Crippen LogP contribution in [0.4, 0.5) is 0 Å². The molecule has 0 saturated heterocycles. The van der Waals surface area contributed by atoms with E-state index in [1.165, 1.54) is 6.26 Å². The number of benzene rings is 1. The van der Waals surface area contributed by atoms with Crippen LogP contribution in [0.15, 0.2) is 62.3 Å². The summed E-state index contributed by atoms with van der Waals surface area (Å²) in [6.45, 7) is 4.10. The van der Waals surface area contributed by atoms with Crippen LogP contribution in [-0.2, 0) is 14.3 Å². The first-order valence-electron chi connectivity index (χ1n) is 10.5. The fourth-order valence-corrected chi connectivity index (χ4v) is 4.76. The summed E-state index contributed by atoms with van der Waals surface area (Å²) in [5.41, 5.74) is 2.70. The van der Waals surface area contributed by atoms with E-state index in [1.807, 2.05) is 6.92 Å². The van der Waals surface area contributed by atoms with E-state index in [0.29, 0.717) is 46.4 Å². The van der Waals surface area contributed by atoms with Crippen LogP contribution in [0, 0.1) is 0 Å². The van der Waals surface area contributed by atoms with Crippen molar-refractivity contribution in [3.63, 3.8) is 0 Å². The molecule has 0 fully saturated rings. The van der Waals surface area contributed by atoms with Gasteiger partial charge in [0, 0.05) is 34.7 Å². The van der Waals surface area contributed by atoms with Gasteiger partial charge in [-0.15, -0.1) is 0 Å². The largest absolute Gasteiger partial charge is 0.464 e. The maximum absolute atomic E-state index is 13.4. The summed E-state index contributed by atoms with van der Waals surface area (Å²) in [5.74, 6) is 0.273. The number of hydrogen-bond donors (Lipinski definition) is 1. The minimum atomic E-state index is -0.795. The monoisotopic (exact) mass is 439 g/mol. The molecule has 7 heteroatoms. The molecule has 31 heavy (non-hydrogen) atoms. The summed E-state index contributed by atoms with van der Waals surface area (Å²) < 4.78 is 11.3. The van der Waals surface area contributed by atoms with Crippen molar-refractivity contribution in [3.8, 4) is 0 Å². The van der Waals surface area contributed by atoms with E-state index in [9.17, 15) is 14.4 Å². The predicted molar refractivity (Wildman–Crippen MR) is 121 cm³/mol. The molecule has 2 aromatic rings. The van der Waals surface area contributed by atoms with Gasteiger partial charge < -0.3 is 14.5 Å². The summed E-state index contributed by atoms with van der Waals surface area (Å²) in [6.07, 6.45) is 3.22. The van der Waals surface area contributed by atoms with Gasteiger partial charge in [0.15, 0.2) is 11.2 Å². The summed E-state index contributed by atoms with van der Waals surface area (Å²) in [6, 6.07) is 6.98. The third kappa shape index (κ3) is 4.06. The third-order valence-electron chi connectivity index (χ3n) is 5.68. The Balaban J connectivity index is 1.83. The molecule has 0 saturated carbocycles. The lowest BCUT2D eigenvalue weighted by molar-refractivity contribution is -0.138. The zero-order valence-electron chi connectivity index (χ0n) is 17.7. The number of nitrogens with one attached hydrogen (secondary N) is 1. The Morgan fingerprint density at radius 2 is 2.06 bits per heavy atom. The molecule has 4 rings (SSSR count). The van der Waals surface area contributed by atoms with Gasteiger partial charge in [-0.2, -0.15) is 11.8 Å². The average molecular weight is 440 g/mol. The van der Waals surface area contributed by atoms with E-state index < -0.39 is 11.9 Å². The fraction of sp³-hybridized carbons (Fsp3) is 0.375. The van der Waals surface area contributed by atoms with Crippen molar-refractivity contribution in [2.24, 2.45) is 0 Å². The standard InChI is InChI=1S/C24H25NO5S/c1-3-31-12-11-29-24(28)20-14(2)25-17-8-6-9-18(26)22(17)21(20)16-13-30-19-10-5-4-7-15(19)23(16)27/h4-5,7,10,13,21,25H,3,6,8-9,11-12H2,1-2H3/t21-/m1/s1. The topological polar surface area (TPSA) is 85.6 Å². The minimum Gasteiger partial charge on any atom is -0.464 e. The number of carbonyl (C=O) groups excluding carboxylic acids is 2. The molecule has 2 heterocycles. The van der Waals surface area contributed by atoms with Crippen LogP contribution in [0.3, 0.4) is 0 Å². The van der Waals surface area contributed by atoms with Crippen LogP contribution < -0.4 is 10.7 Å². The molecule has 0 spiro atoms. The number of thioether (sulfide) groups is 1. The van der Waals surface area contributed by atoms with Gasteiger partial charge in [-0.25, -0.2) is 4.79 Å². The van der Waals surface area contributed by atoms with Crippen molar-refractivity contribution in [1.82, 2.24) is 5.32 Å². The van der Waals surface area contributed by atoms with Crippen molar-refractivity contribution in [3.05, 3.63) is 68.9 Å². The van der Waals surface area contributed by atoms with Gasteiger partial charge in [-0.3, -0.25) is 9.59 Å². The first kappa shape index (κ1) is 21.4. The Morgan fingerprint density at radius 3 is 2.87 bits per heavy atom. The molecular weight excluding hydrogens is 414 g/mol. The number of carbonyl (C=O) groups is 2. The lowest BCUT2D eigenvalue weighted by Crippen LogP contribution is -2.36. The lowest BCUT2D eigenvalue weighted by atomic mass is 9.75. The second-order valence-corrected chi connectivity index (χ2v) is 9.01. The fourth-order valence-electron chi connectivity index (χ4n) is 4.27. The Morgan fingerprint density at radius 1 is 1.26 bits per heavy atom. The smallest absolute Gasteiger partial charge is 0.336 e. The van der Waals surface area contributed by atoms with Crippen molar-refractivity contribution in [2.45, 2.75) is 39.0 Å². The van der Waals surface area contributed by atoms with E-state index in [2.05, 4.69) is 5.32 Å². The average Bonchev–Trinajstić information content (AvgIpc) is 2.76. The molecule has 162 valence electrons. The first-order valence-corrected chi connectivity index (χ1v) is 11.7. The Hall–Kier alpha value is -2.80. The van der Waals surface area contributed by atoms with Gasteiger partial charge in [0.1, 0.15) is 12.2 Å². The van der Waals surface area contributed by atoms with Crippen molar-refractivity contribution >= 4 is 34.5 Å². The Labute approximate surface area is 184 Å². The van der Waals surface area contributed by atoms with Crippen molar-refractivity contribution in [1.29, 1.82) is 0 Å². The zero-order chi connectivity index (χ0) is 22.0. The SMILES string of the molecule is CCSCCOC(=O)C1=C(C)NC2=C(C(=O)CCC2)[C@@H]1c1coc2ccccc2c1=O. The first-order chi connectivity index (χ1) is 15.0. The van der Waals surface area contributed by atoms with Gasteiger partial charge in [-0.1, -0.05) is 19.1 Å². The van der Waals surface area contributed by atoms with Gasteiger partial charge in [0.25, 0.3) is 0 Å². The number of hydrogen-bond acceptors (Lipinski definition) is 7. The van der Waals surface area contributed by atoms with E-state index >= 15 is 0 Å². The van der Waals surface area contributed by atoms with Gasteiger partial charge in [0.2, 0.25) is 0 Å². The molecule has 0 bridgehead atoms. The van der Waals surface area contributed by atoms with Crippen molar-refractivity contribution in [2.75, 3.05) is 18.1 Å². The van der Waals surface area contributed by atoms with Crippen LogP contribution in [-0.4, -0.2) is 29.9 Å². The molecular formula is C24H25NO5S.